The fourth-order valence-corrected chi connectivity index (χ4v) is 6.21. The Bertz CT molecular complexity index is 1210. The summed E-state index contributed by atoms with van der Waals surface area (Å²) in [4.78, 5) is 13.5. The summed E-state index contributed by atoms with van der Waals surface area (Å²) in [6.07, 6.45) is -0.247. The maximum Gasteiger partial charge on any atom is 0.264 e. The van der Waals surface area contributed by atoms with Crippen molar-refractivity contribution in [3.8, 4) is 11.5 Å². The van der Waals surface area contributed by atoms with E-state index in [1.54, 1.807) is 18.2 Å². The molecule has 1 N–H and O–H groups in total. The summed E-state index contributed by atoms with van der Waals surface area (Å²) in [7, 11) is -2.46. The predicted octanol–water partition coefficient (Wildman–Crippen LogP) is 5.28. The lowest BCUT2D eigenvalue weighted by Crippen LogP contribution is -2.55. The second-order valence-electron chi connectivity index (χ2n) is 12.4. The molecular weight excluding hydrogens is 476 g/mol. The topological polar surface area (TPSA) is 84.9 Å². The fraction of sp³-hybridized carbons (Fsp3) is 0.536. The van der Waals surface area contributed by atoms with E-state index in [2.05, 4.69) is 46.9 Å². The number of benzene rings is 2. The largest absolute Gasteiger partial charge is 0.497 e. The lowest BCUT2D eigenvalue weighted by molar-refractivity contribution is -0.129. The van der Waals surface area contributed by atoms with Gasteiger partial charge in [-0.1, -0.05) is 47.6 Å². The summed E-state index contributed by atoms with van der Waals surface area (Å²) in [5.74, 6) is 0.578. The Morgan fingerprint density at radius 2 is 1.64 bits per heavy atom. The maximum absolute atomic E-state index is 13.8. The van der Waals surface area contributed by atoms with Crippen LogP contribution in [0.25, 0.3) is 0 Å². The molecule has 1 aliphatic rings. The van der Waals surface area contributed by atoms with E-state index in [1.165, 1.54) is 23.5 Å². The first kappa shape index (κ1) is 27.8. The number of amides is 1. The van der Waals surface area contributed by atoms with Crippen molar-refractivity contribution < 1.29 is 22.7 Å². The average molecular weight is 517 g/mol. The Kier molecular flexibility index (Phi) is 7.44. The summed E-state index contributed by atoms with van der Waals surface area (Å²) < 4.78 is 40.3. The molecule has 0 saturated heterocycles. The number of ether oxygens (including phenoxy) is 2. The van der Waals surface area contributed by atoms with Crippen LogP contribution in [0.3, 0.4) is 0 Å². The highest BCUT2D eigenvalue weighted by Crippen LogP contribution is 2.40. The molecule has 0 saturated carbocycles. The van der Waals surface area contributed by atoms with Crippen molar-refractivity contribution in [3.63, 3.8) is 0 Å². The average Bonchev–Trinajstić information content (AvgIpc) is 2.75. The van der Waals surface area contributed by atoms with Crippen LogP contribution in [0.2, 0.25) is 0 Å². The van der Waals surface area contributed by atoms with Gasteiger partial charge in [0.05, 0.1) is 24.2 Å². The number of nitrogens with one attached hydrogen (secondary N) is 1. The third-order valence-corrected chi connectivity index (χ3v) is 7.86. The first-order chi connectivity index (χ1) is 16.4. The number of carbonyl (C=O) groups is 1. The first-order valence-electron chi connectivity index (χ1n) is 12.2. The molecule has 0 aromatic heterocycles. The van der Waals surface area contributed by atoms with Crippen LogP contribution in [0.15, 0.2) is 47.4 Å². The molecule has 3 rings (SSSR count). The molecule has 198 valence electrons. The summed E-state index contributed by atoms with van der Waals surface area (Å²) in [6.45, 7) is 16.3. The van der Waals surface area contributed by atoms with Gasteiger partial charge < -0.3 is 14.8 Å². The third kappa shape index (κ3) is 6.33. The van der Waals surface area contributed by atoms with Crippen LogP contribution in [0.5, 0.6) is 11.5 Å². The fourth-order valence-electron chi connectivity index (χ4n) is 4.74. The molecule has 2 aromatic rings. The van der Waals surface area contributed by atoms with Gasteiger partial charge in [-0.25, -0.2) is 8.42 Å². The van der Waals surface area contributed by atoms with Crippen LogP contribution in [-0.2, 0) is 20.2 Å². The highest BCUT2D eigenvalue weighted by Gasteiger charge is 2.40. The summed E-state index contributed by atoms with van der Waals surface area (Å²) in [6, 6.07) is 11.8. The number of methoxy groups -OCH3 is 1. The second-order valence-corrected chi connectivity index (χ2v) is 14.2. The Morgan fingerprint density at radius 3 is 2.17 bits per heavy atom. The minimum atomic E-state index is -3.98. The predicted molar refractivity (Wildman–Crippen MR) is 143 cm³/mol. The number of fused-ring (bicyclic) bond motifs is 1. The molecule has 0 fully saturated rings. The lowest BCUT2D eigenvalue weighted by atomic mass is 9.81. The van der Waals surface area contributed by atoms with Gasteiger partial charge in [0.25, 0.3) is 15.9 Å². The molecule has 7 nitrogen and oxygen atoms in total. The number of carbonyl (C=O) groups excluding carboxylic acids is 1. The molecule has 0 aliphatic carbocycles. The quantitative estimate of drug-likeness (QED) is 0.565. The molecule has 1 atom stereocenters. The van der Waals surface area contributed by atoms with E-state index in [0.29, 0.717) is 17.2 Å². The van der Waals surface area contributed by atoms with Gasteiger partial charge in [-0.3, -0.25) is 9.10 Å². The second kappa shape index (κ2) is 9.61. The lowest BCUT2D eigenvalue weighted by Gasteiger charge is -2.38. The van der Waals surface area contributed by atoms with Crippen LogP contribution in [0.1, 0.15) is 67.4 Å². The van der Waals surface area contributed by atoms with E-state index < -0.39 is 21.7 Å². The van der Waals surface area contributed by atoms with E-state index in [-0.39, 0.29) is 28.2 Å². The van der Waals surface area contributed by atoms with E-state index >= 15 is 0 Å². The SMILES string of the molecule is COc1ccc(S(=O)(=O)N2C[C@@H](C(=O)NC(C)(C)CC(C)(C)C)Oc3ccc(C(C)(C)C)cc32)cc1. The molecule has 0 bridgehead atoms. The maximum atomic E-state index is 13.8. The van der Waals surface area contributed by atoms with Crippen LogP contribution in [0.4, 0.5) is 5.69 Å². The van der Waals surface area contributed by atoms with Crippen LogP contribution in [0, 0.1) is 5.41 Å². The van der Waals surface area contributed by atoms with Crippen molar-refractivity contribution >= 4 is 21.6 Å². The van der Waals surface area contributed by atoms with Crippen molar-refractivity contribution in [2.75, 3.05) is 18.0 Å². The molecule has 0 unspecified atom stereocenters. The number of hydrogen-bond donors (Lipinski definition) is 1. The Morgan fingerprint density at radius 1 is 1.03 bits per heavy atom. The molecular formula is C28H40N2O5S. The van der Waals surface area contributed by atoms with Crippen molar-refractivity contribution in [1.29, 1.82) is 0 Å². The minimum Gasteiger partial charge on any atom is -0.497 e. The number of nitrogens with zero attached hydrogens (tertiary/aromatic N) is 1. The Labute approximate surface area is 216 Å². The van der Waals surface area contributed by atoms with Crippen molar-refractivity contribution in [1.82, 2.24) is 5.32 Å². The number of sulfonamides is 1. The van der Waals surface area contributed by atoms with E-state index in [4.69, 9.17) is 9.47 Å². The van der Waals surface area contributed by atoms with Gasteiger partial charge in [0, 0.05) is 5.54 Å². The monoisotopic (exact) mass is 516 g/mol. The molecule has 1 heterocycles. The van der Waals surface area contributed by atoms with E-state index in [9.17, 15) is 13.2 Å². The third-order valence-electron chi connectivity index (χ3n) is 6.07. The zero-order valence-electron chi connectivity index (χ0n) is 22.9. The normalized spacial score (nSPS) is 16.7. The minimum absolute atomic E-state index is 0.00387. The van der Waals surface area contributed by atoms with Gasteiger partial charge in [-0.2, -0.15) is 0 Å². The van der Waals surface area contributed by atoms with E-state index in [0.717, 1.165) is 12.0 Å². The van der Waals surface area contributed by atoms with Crippen LogP contribution in [-0.4, -0.2) is 39.6 Å². The van der Waals surface area contributed by atoms with Gasteiger partial charge in [0.1, 0.15) is 11.5 Å². The van der Waals surface area contributed by atoms with Gasteiger partial charge in [-0.15, -0.1) is 0 Å². The molecule has 0 spiro atoms. The highest BCUT2D eigenvalue weighted by molar-refractivity contribution is 7.92. The number of hydrogen-bond acceptors (Lipinski definition) is 5. The first-order valence-corrected chi connectivity index (χ1v) is 13.7. The Hall–Kier alpha value is -2.74. The van der Waals surface area contributed by atoms with Crippen molar-refractivity contribution in [2.45, 2.75) is 83.8 Å². The number of anilines is 1. The molecule has 1 aliphatic heterocycles. The number of rotatable bonds is 6. The summed E-state index contributed by atoms with van der Waals surface area (Å²) in [5, 5.41) is 3.07. The van der Waals surface area contributed by atoms with Crippen molar-refractivity contribution in [3.05, 3.63) is 48.0 Å². The zero-order valence-corrected chi connectivity index (χ0v) is 23.7. The Balaban J connectivity index is 2.03. The molecule has 1 amide bonds. The standard InChI is InChI=1S/C28H40N2O5S/c1-26(2,3)18-28(7,8)29-25(31)24-17-30(36(32,33)21-13-11-20(34-9)12-14-21)22-16-19(27(4,5)6)10-15-23(22)35-24/h10-16,24H,17-18H2,1-9H3,(H,29,31)/t24-/m0/s1. The van der Waals surface area contributed by atoms with Gasteiger partial charge in [0.15, 0.2) is 6.10 Å². The van der Waals surface area contributed by atoms with Gasteiger partial charge in [0.2, 0.25) is 0 Å². The van der Waals surface area contributed by atoms with Crippen LogP contribution >= 0.6 is 0 Å². The zero-order chi connectivity index (χ0) is 27.1. The highest BCUT2D eigenvalue weighted by atomic mass is 32.2. The van der Waals surface area contributed by atoms with E-state index in [1.807, 2.05) is 26.0 Å². The summed E-state index contributed by atoms with van der Waals surface area (Å²) in [5.41, 5.74) is 0.708. The molecule has 0 radical (unpaired) electrons. The smallest absolute Gasteiger partial charge is 0.264 e. The van der Waals surface area contributed by atoms with Crippen LogP contribution < -0.4 is 19.1 Å². The van der Waals surface area contributed by atoms with Gasteiger partial charge in [-0.05, 0) is 73.1 Å². The summed E-state index contributed by atoms with van der Waals surface area (Å²) >= 11 is 0. The van der Waals surface area contributed by atoms with Gasteiger partial charge >= 0.3 is 0 Å². The molecule has 36 heavy (non-hydrogen) atoms. The molecule has 8 heteroatoms. The van der Waals surface area contributed by atoms with Crippen molar-refractivity contribution in [2.24, 2.45) is 5.41 Å². The molecule has 2 aromatic carbocycles.